The minimum Gasteiger partial charge on any atom is -0.376 e. The maximum Gasteiger partial charge on any atom is 0.433 e. The second kappa shape index (κ2) is 5.20. The van der Waals surface area contributed by atoms with E-state index in [2.05, 4.69) is 9.97 Å². The number of alkyl halides is 3. The normalized spacial score (nSPS) is 27.2. The van der Waals surface area contributed by atoms with Crippen LogP contribution in [0.5, 0.6) is 0 Å². The van der Waals surface area contributed by atoms with Gasteiger partial charge in [0.15, 0.2) is 0 Å². The summed E-state index contributed by atoms with van der Waals surface area (Å²) in [5.41, 5.74) is -0.887. The van der Waals surface area contributed by atoms with E-state index >= 15 is 0 Å². The smallest absolute Gasteiger partial charge is 0.376 e. The summed E-state index contributed by atoms with van der Waals surface area (Å²) in [6, 6.07) is 1.00. The number of fused-ring (bicyclic) bond motifs is 1. The Morgan fingerprint density at radius 3 is 2.90 bits per heavy atom. The Kier molecular flexibility index (Phi) is 3.54. The molecule has 2 heterocycles. The van der Waals surface area contributed by atoms with Crippen molar-refractivity contribution in [3.8, 4) is 0 Å². The Labute approximate surface area is 115 Å². The largest absolute Gasteiger partial charge is 0.433 e. The van der Waals surface area contributed by atoms with E-state index in [1.54, 1.807) is 0 Å². The zero-order valence-corrected chi connectivity index (χ0v) is 10.9. The summed E-state index contributed by atoms with van der Waals surface area (Å²) in [4.78, 5) is 9.63. The molecule has 110 valence electrons. The molecule has 0 radical (unpaired) electrons. The molecule has 3 rings (SSSR count). The van der Waals surface area contributed by atoms with E-state index in [-0.39, 0.29) is 18.1 Å². The lowest BCUT2D eigenvalue weighted by Crippen LogP contribution is -2.41. The van der Waals surface area contributed by atoms with Crippen molar-refractivity contribution in [3.63, 3.8) is 0 Å². The van der Waals surface area contributed by atoms with Gasteiger partial charge >= 0.3 is 6.18 Å². The third-order valence-corrected chi connectivity index (χ3v) is 3.88. The van der Waals surface area contributed by atoms with Crippen molar-refractivity contribution in [1.29, 1.82) is 0 Å². The van der Waals surface area contributed by atoms with Crippen LogP contribution in [0.1, 0.15) is 31.4 Å². The molecular weight excluding hydrogens is 271 g/mol. The molecule has 0 amide bonds. The van der Waals surface area contributed by atoms with Crippen LogP contribution < -0.4 is 4.90 Å². The second-order valence-electron chi connectivity index (χ2n) is 5.19. The highest BCUT2D eigenvalue weighted by molar-refractivity contribution is 5.34. The number of rotatable bonds is 1. The molecule has 1 saturated heterocycles. The Bertz CT molecular complexity index is 480. The molecule has 7 heteroatoms. The fourth-order valence-electron chi connectivity index (χ4n) is 2.99. The highest BCUT2D eigenvalue weighted by Gasteiger charge is 2.37. The predicted octanol–water partition coefficient (Wildman–Crippen LogP) is 2.64. The van der Waals surface area contributed by atoms with Gasteiger partial charge in [0, 0.05) is 19.3 Å². The lowest BCUT2D eigenvalue weighted by molar-refractivity contribution is -0.141. The molecule has 2 atom stereocenters. The van der Waals surface area contributed by atoms with Gasteiger partial charge in [0.25, 0.3) is 0 Å². The van der Waals surface area contributed by atoms with Gasteiger partial charge in [-0.3, -0.25) is 0 Å². The van der Waals surface area contributed by atoms with Gasteiger partial charge in [-0.25, -0.2) is 9.97 Å². The maximum atomic E-state index is 12.7. The molecule has 0 aromatic carbocycles. The van der Waals surface area contributed by atoms with Crippen molar-refractivity contribution < 1.29 is 17.9 Å². The molecule has 1 aliphatic carbocycles. The number of nitrogens with zero attached hydrogens (tertiary/aromatic N) is 3. The van der Waals surface area contributed by atoms with Crippen molar-refractivity contribution in [2.24, 2.45) is 0 Å². The SMILES string of the molecule is FC(F)(F)c1ccnc(N2CCCO[C@@H]3CCC[C@H]32)n1. The topological polar surface area (TPSA) is 38.2 Å². The highest BCUT2D eigenvalue weighted by Crippen LogP contribution is 2.33. The van der Waals surface area contributed by atoms with Crippen LogP contribution in [-0.2, 0) is 10.9 Å². The molecule has 1 aliphatic heterocycles. The first-order valence-corrected chi connectivity index (χ1v) is 6.84. The van der Waals surface area contributed by atoms with Crippen molar-refractivity contribution in [1.82, 2.24) is 9.97 Å². The summed E-state index contributed by atoms with van der Waals surface area (Å²) in [6.45, 7) is 1.29. The molecule has 1 aromatic heterocycles. The van der Waals surface area contributed by atoms with Crippen LogP contribution in [0.4, 0.5) is 19.1 Å². The molecular formula is C13H16F3N3O. The quantitative estimate of drug-likeness (QED) is 0.796. The second-order valence-corrected chi connectivity index (χ2v) is 5.19. The number of halogens is 3. The minimum absolute atomic E-state index is 0.0932. The van der Waals surface area contributed by atoms with Gasteiger partial charge in [0.1, 0.15) is 5.69 Å². The monoisotopic (exact) mass is 287 g/mol. The molecule has 0 bridgehead atoms. The van der Waals surface area contributed by atoms with E-state index in [1.165, 1.54) is 6.20 Å². The number of ether oxygens (including phenoxy) is 1. The van der Waals surface area contributed by atoms with E-state index in [9.17, 15) is 13.2 Å². The van der Waals surface area contributed by atoms with E-state index in [1.807, 2.05) is 4.90 Å². The van der Waals surface area contributed by atoms with Crippen LogP contribution in [0, 0.1) is 0 Å². The molecule has 1 aromatic rings. The van der Waals surface area contributed by atoms with Gasteiger partial charge in [0.2, 0.25) is 5.95 Å². The van der Waals surface area contributed by atoms with E-state index in [0.717, 1.165) is 31.7 Å². The summed E-state index contributed by atoms with van der Waals surface area (Å²) in [5.74, 6) is 0.169. The van der Waals surface area contributed by atoms with Crippen molar-refractivity contribution >= 4 is 5.95 Å². The summed E-state index contributed by atoms with van der Waals surface area (Å²) in [5, 5.41) is 0. The van der Waals surface area contributed by atoms with Gasteiger partial charge in [-0.15, -0.1) is 0 Å². The first-order valence-electron chi connectivity index (χ1n) is 6.84. The Morgan fingerprint density at radius 2 is 2.10 bits per heavy atom. The summed E-state index contributed by atoms with van der Waals surface area (Å²) >= 11 is 0. The van der Waals surface area contributed by atoms with Crippen molar-refractivity contribution in [2.75, 3.05) is 18.1 Å². The average molecular weight is 287 g/mol. The Morgan fingerprint density at radius 1 is 1.25 bits per heavy atom. The highest BCUT2D eigenvalue weighted by atomic mass is 19.4. The van der Waals surface area contributed by atoms with Gasteiger partial charge in [-0.1, -0.05) is 0 Å². The molecule has 2 fully saturated rings. The van der Waals surface area contributed by atoms with Crippen LogP contribution in [0.2, 0.25) is 0 Å². The van der Waals surface area contributed by atoms with E-state index in [4.69, 9.17) is 4.74 Å². The molecule has 1 saturated carbocycles. The maximum absolute atomic E-state index is 12.7. The number of anilines is 1. The average Bonchev–Trinajstić information content (AvgIpc) is 2.78. The van der Waals surface area contributed by atoms with Gasteiger partial charge in [0.05, 0.1) is 12.1 Å². The van der Waals surface area contributed by atoms with Crippen LogP contribution in [0.15, 0.2) is 12.3 Å². The summed E-state index contributed by atoms with van der Waals surface area (Å²) in [6.07, 6.45) is 0.535. The van der Waals surface area contributed by atoms with E-state index < -0.39 is 11.9 Å². The van der Waals surface area contributed by atoms with Crippen LogP contribution >= 0.6 is 0 Å². The summed E-state index contributed by atoms with van der Waals surface area (Å²) in [7, 11) is 0. The molecule has 0 unspecified atom stereocenters. The van der Waals surface area contributed by atoms with E-state index in [0.29, 0.717) is 13.2 Å². The van der Waals surface area contributed by atoms with Crippen molar-refractivity contribution in [2.45, 2.75) is 44.0 Å². The molecule has 4 nitrogen and oxygen atoms in total. The van der Waals surface area contributed by atoms with Gasteiger partial charge in [-0.2, -0.15) is 13.2 Å². The number of hydrogen-bond donors (Lipinski definition) is 0. The standard InChI is InChI=1S/C13H16F3N3O/c14-13(15,16)11-5-6-17-12(18-11)19-7-2-8-20-10-4-1-3-9(10)19/h5-6,9-10H,1-4,7-8H2/t9-,10-/m1/s1. The molecule has 0 N–H and O–H groups in total. The Hall–Kier alpha value is -1.37. The number of hydrogen-bond acceptors (Lipinski definition) is 4. The summed E-state index contributed by atoms with van der Waals surface area (Å²) < 4.78 is 44.0. The first-order chi connectivity index (χ1) is 9.55. The zero-order valence-electron chi connectivity index (χ0n) is 10.9. The molecule has 2 aliphatic rings. The third-order valence-electron chi connectivity index (χ3n) is 3.88. The number of aromatic nitrogens is 2. The zero-order chi connectivity index (χ0) is 14.2. The van der Waals surface area contributed by atoms with Crippen LogP contribution in [0.3, 0.4) is 0 Å². The van der Waals surface area contributed by atoms with Gasteiger partial charge < -0.3 is 9.64 Å². The minimum atomic E-state index is -4.44. The van der Waals surface area contributed by atoms with Gasteiger partial charge in [-0.05, 0) is 31.7 Å². The molecule has 0 spiro atoms. The van der Waals surface area contributed by atoms with Crippen LogP contribution in [-0.4, -0.2) is 35.3 Å². The predicted molar refractivity (Wildman–Crippen MR) is 66.4 cm³/mol. The van der Waals surface area contributed by atoms with Crippen LogP contribution in [0.25, 0.3) is 0 Å². The van der Waals surface area contributed by atoms with Crippen molar-refractivity contribution in [3.05, 3.63) is 18.0 Å². The lowest BCUT2D eigenvalue weighted by Gasteiger charge is -2.30. The third kappa shape index (κ3) is 2.59. The fraction of sp³-hybridized carbons (Fsp3) is 0.692. The fourth-order valence-corrected chi connectivity index (χ4v) is 2.99. The Balaban J connectivity index is 1.90. The first kappa shape index (κ1) is 13.6. The lowest BCUT2D eigenvalue weighted by atomic mass is 10.2. The molecule has 20 heavy (non-hydrogen) atoms.